The number of carbonyl (C=O) groups is 2. The second-order valence-electron chi connectivity index (χ2n) is 7.67. The van der Waals surface area contributed by atoms with Crippen molar-refractivity contribution < 1.29 is 27.9 Å². The second-order valence-corrected chi connectivity index (χ2v) is 9.23. The molecule has 9 heteroatoms. The Morgan fingerprint density at radius 3 is 2.19 bits per heavy atom. The summed E-state index contributed by atoms with van der Waals surface area (Å²) in [6.07, 6.45) is 0.164. The number of rotatable bonds is 7. The van der Waals surface area contributed by atoms with Gasteiger partial charge in [-0.05, 0) is 47.9 Å². The Balaban J connectivity index is 2.12. The third kappa shape index (κ3) is 4.47. The summed E-state index contributed by atoms with van der Waals surface area (Å²) in [6.45, 7) is 3.75. The Labute approximate surface area is 181 Å². The molecule has 2 aromatic carbocycles. The lowest BCUT2D eigenvalue weighted by Crippen LogP contribution is -2.31. The molecule has 1 aliphatic rings. The van der Waals surface area contributed by atoms with E-state index in [4.69, 9.17) is 9.88 Å². The molecule has 1 unspecified atom stereocenters. The van der Waals surface area contributed by atoms with Crippen molar-refractivity contribution in [2.24, 2.45) is 11.1 Å². The molecule has 0 aromatic heterocycles. The summed E-state index contributed by atoms with van der Waals surface area (Å²) in [7, 11) is -2.39. The third-order valence-corrected chi connectivity index (χ3v) is 5.91. The molecule has 2 aromatic rings. The molecule has 0 saturated carbocycles. The number of Topliss-reactive ketones (excluding diaryl/α,β-unsaturated/α-hetero) is 1. The van der Waals surface area contributed by atoms with Crippen LogP contribution in [0, 0.1) is 5.92 Å². The largest absolute Gasteiger partial charge is 0.503 e. The number of aliphatic hydroxyl groups excluding tert-OH is 1. The fourth-order valence-electron chi connectivity index (χ4n) is 3.54. The Morgan fingerprint density at radius 2 is 1.71 bits per heavy atom. The molecule has 31 heavy (non-hydrogen) atoms. The Morgan fingerprint density at radius 1 is 1.13 bits per heavy atom. The van der Waals surface area contributed by atoms with Gasteiger partial charge >= 0.3 is 0 Å². The van der Waals surface area contributed by atoms with Gasteiger partial charge in [-0.1, -0.05) is 26.0 Å². The maximum Gasteiger partial charge on any atom is 0.294 e. The maximum atomic E-state index is 13.0. The Bertz CT molecular complexity index is 1140. The highest BCUT2D eigenvalue weighted by molar-refractivity contribution is 7.89. The lowest BCUT2D eigenvalue weighted by Gasteiger charge is -2.27. The number of carbonyl (C=O) groups excluding carboxylic acids is 2. The summed E-state index contributed by atoms with van der Waals surface area (Å²) >= 11 is 0. The third-order valence-electron chi connectivity index (χ3n) is 4.98. The minimum Gasteiger partial charge on any atom is -0.503 e. The van der Waals surface area contributed by atoms with Gasteiger partial charge in [0.15, 0.2) is 11.5 Å². The van der Waals surface area contributed by atoms with Crippen molar-refractivity contribution in [2.45, 2.75) is 31.2 Å². The standard InChI is InChI=1S/C22H24N2O6S/c1-13(2)12-18(25)19-20(14-4-8-16(30-3)9-5-14)24(22(27)21(19)26)15-6-10-17(11-7-15)31(23,28)29/h4-11,13,20,26H,12H2,1-3H3,(H2,23,28,29). The van der Waals surface area contributed by atoms with Crippen molar-refractivity contribution in [3.8, 4) is 5.75 Å². The van der Waals surface area contributed by atoms with Crippen molar-refractivity contribution in [3.63, 3.8) is 0 Å². The SMILES string of the molecule is COc1ccc(C2C(C(=O)CC(C)C)=C(O)C(=O)N2c2ccc(S(N)(=O)=O)cc2)cc1. The molecule has 164 valence electrons. The highest BCUT2D eigenvalue weighted by Gasteiger charge is 2.44. The zero-order valence-electron chi connectivity index (χ0n) is 17.4. The molecule has 1 heterocycles. The topological polar surface area (TPSA) is 127 Å². The lowest BCUT2D eigenvalue weighted by molar-refractivity contribution is -0.118. The first kappa shape index (κ1) is 22.5. The van der Waals surface area contributed by atoms with E-state index in [9.17, 15) is 23.1 Å². The molecule has 0 radical (unpaired) electrons. The number of sulfonamides is 1. The van der Waals surface area contributed by atoms with Crippen LogP contribution < -0.4 is 14.8 Å². The van der Waals surface area contributed by atoms with Crippen LogP contribution in [0.25, 0.3) is 0 Å². The number of primary sulfonamides is 1. The van der Waals surface area contributed by atoms with Crippen LogP contribution in [0.5, 0.6) is 5.75 Å². The van der Waals surface area contributed by atoms with Gasteiger partial charge in [-0.2, -0.15) is 0 Å². The minimum atomic E-state index is -3.91. The van der Waals surface area contributed by atoms with Gasteiger partial charge in [-0.15, -0.1) is 0 Å². The van der Waals surface area contributed by atoms with Crippen LogP contribution in [0.15, 0.2) is 64.8 Å². The van der Waals surface area contributed by atoms with E-state index >= 15 is 0 Å². The van der Waals surface area contributed by atoms with Gasteiger partial charge in [-0.3, -0.25) is 14.5 Å². The summed E-state index contributed by atoms with van der Waals surface area (Å²) in [5.41, 5.74) is 0.928. The van der Waals surface area contributed by atoms with Crippen LogP contribution in [-0.2, 0) is 19.6 Å². The molecule has 8 nitrogen and oxygen atoms in total. The summed E-state index contributed by atoms with van der Waals surface area (Å²) in [4.78, 5) is 27.1. The van der Waals surface area contributed by atoms with Crippen molar-refractivity contribution in [1.82, 2.24) is 0 Å². The van der Waals surface area contributed by atoms with Gasteiger partial charge < -0.3 is 9.84 Å². The van der Waals surface area contributed by atoms with Gasteiger partial charge in [-0.25, -0.2) is 13.6 Å². The number of aliphatic hydroxyl groups is 1. The van der Waals surface area contributed by atoms with Gasteiger partial charge in [0.25, 0.3) is 5.91 Å². The number of amides is 1. The normalized spacial score (nSPS) is 16.9. The van der Waals surface area contributed by atoms with E-state index in [1.165, 1.54) is 36.3 Å². The average molecular weight is 445 g/mol. The predicted octanol–water partition coefficient (Wildman–Crippen LogP) is 2.86. The number of nitrogens with two attached hydrogens (primary N) is 1. The Hall–Kier alpha value is -3.17. The van der Waals surface area contributed by atoms with Crippen LogP contribution in [0.3, 0.4) is 0 Å². The van der Waals surface area contributed by atoms with Gasteiger partial charge in [0.05, 0.1) is 23.6 Å². The monoisotopic (exact) mass is 444 g/mol. The number of ether oxygens (including phenoxy) is 1. The van der Waals surface area contributed by atoms with E-state index in [-0.39, 0.29) is 28.6 Å². The molecule has 3 rings (SSSR count). The first-order valence-corrected chi connectivity index (χ1v) is 11.2. The van der Waals surface area contributed by atoms with Crippen molar-refractivity contribution in [3.05, 3.63) is 65.4 Å². The smallest absolute Gasteiger partial charge is 0.294 e. The molecule has 0 fully saturated rings. The second kappa shape index (κ2) is 8.52. The summed E-state index contributed by atoms with van der Waals surface area (Å²) in [5, 5.41) is 15.8. The summed E-state index contributed by atoms with van der Waals surface area (Å²) < 4.78 is 28.3. The molecule has 0 saturated heterocycles. The highest BCUT2D eigenvalue weighted by atomic mass is 32.2. The van der Waals surface area contributed by atoms with Crippen LogP contribution in [0.2, 0.25) is 0 Å². The zero-order valence-corrected chi connectivity index (χ0v) is 18.2. The van der Waals surface area contributed by atoms with Crippen molar-refractivity contribution >= 4 is 27.4 Å². The molecular weight excluding hydrogens is 420 g/mol. The van der Waals surface area contributed by atoms with E-state index < -0.39 is 27.7 Å². The molecule has 1 amide bonds. The molecule has 1 aliphatic heterocycles. The van der Waals surface area contributed by atoms with Crippen LogP contribution in [0.1, 0.15) is 31.9 Å². The molecule has 0 aliphatic carbocycles. The molecule has 0 bridgehead atoms. The number of ketones is 1. The van der Waals surface area contributed by atoms with E-state index in [1.54, 1.807) is 24.3 Å². The van der Waals surface area contributed by atoms with E-state index in [0.717, 1.165) is 0 Å². The number of hydrogen-bond donors (Lipinski definition) is 2. The van der Waals surface area contributed by atoms with Crippen LogP contribution in [0.4, 0.5) is 5.69 Å². The molecule has 3 N–H and O–H groups in total. The fraction of sp³-hybridized carbons (Fsp3) is 0.273. The van der Waals surface area contributed by atoms with Gasteiger partial charge in [0, 0.05) is 12.1 Å². The fourth-order valence-corrected chi connectivity index (χ4v) is 4.05. The van der Waals surface area contributed by atoms with E-state index in [0.29, 0.717) is 17.0 Å². The van der Waals surface area contributed by atoms with Crippen molar-refractivity contribution in [2.75, 3.05) is 12.0 Å². The number of nitrogens with zero attached hydrogens (tertiary/aromatic N) is 1. The van der Waals surface area contributed by atoms with Crippen LogP contribution >= 0.6 is 0 Å². The molecule has 1 atom stereocenters. The lowest BCUT2D eigenvalue weighted by atomic mass is 9.92. The minimum absolute atomic E-state index is 0.0133. The van der Waals surface area contributed by atoms with Gasteiger partial charge in [0.2, 0.25) is 10.0 Å². The summed E-state index contributed by atoms with van der Waals surface area (Å²) in [5.74, 6) is -1.05. The highest BCUT2D eigenvalue weighted by Crippen LogP contribution is 2.42. The summed E-state index contributed by atoms with van der Waals surface area (Å²) in [6, 6.07) is 11.3. The molecular formula is C22H24N2O6S. The maximum absolute atomic E-state index is 13.0. The van der Waals surface area contributed by atoms with Crippen molar-refractivity contribution in [1.29, 1.82) is 0 Å². The predicted molar refractivity (Wildman–Crippen MR) is 115 cm³/mol. The number of benzene rings is 2. The first-order valence-electron chi connectivity index (χ1n) is 9.61. The number of anilines is 1. The van der Waals surface area contributed by atoms with E-state index in [1.807, 2.05) is 13.8 Å². The average Bonchev–Trinajstić information content (AvgIpc) is 2.98. The quantitative estimate of drug-likeness (QED) is 0.676. The van der Waals surface area contributed by atoms with Gasteiger partial charge in [0.1, 0.15) is 5.75 Å². The zero-order chi connectivity index (χ0) is 22.9. The molecule has 0 spiro atoms. The number of hydrogen-bond acceptors (Lipinski definition) is 6. The number of methoxy groups -OCH3 is 1. The van der Waals surface area contributed by atoms with E-state index in [2.05, 4.69) is 0 Å². The first-order chi connectivity index (χ1) is 14.5. The Kier molecular flexibility index (Phi) is 6.19. The van der Waals surface area contributed by atoms with Crippen LogP contribution in [-0.4, -0.2) is 32.3 Å².